The van der Waals surface area contributed by atoms with Gasteiger partial charge in [0, 0.05) is 18.3 Å². The van der Waals surface area contributed by atoms with Crippen LogP contribution in [-0.4, -0.2) is 22.2 Å². The second-order valence-electron chi connectivity index (χ2n) is 4.54. The van der Waals surface area contributed by atoms with Crippen LogP contribution >= 0.6 is 0 Å². The third-order valence-corrected chi connectivity index (χ3v) is 3.03. The summed E-state index contributed by atoms with van der Waals surface area (Å²) in [7, 11) is 0. The minimum atomic E-state index is -0.288. The summed E-state index contributed by atoms with van der Waals surface area (Å²) in [4.78, 5) is 11.9. The van der Waals surface area contributed by atoms with Crippen molar-refractivity contribution in [2.45, 2.75) is 26.3 Å². The first-order chi connectivity index (χ1) is 9.22. The summed E-state index contributed by atoms with van der Waals surface area (Å²) < 4.78 is 1.70. The van der Waals surface area contributed by atoms with Gasteiger partial charge in [0.25, 0.3) is 0 Å². The van der Waals surface area contributed by atoms with Crippen molar-refractivity contribution in [1.82, 2.24) is 15.1 Å². The van der Waals surface area contributed by atoms with E-state index in [1.165, 1.54) is 0 Å². The summed E-state index contributed by atoms with van der Waals surface area (Å²) in [6.07, 6.45) is 4.64. The summed E-state index contributed by atoms with van der Waals surface area (Å²) in [5.74, 6) is 0.00422. The van der Waals surface area contributed by atoms with Crippen molar-refractivity contribution in [1.29, 1.82) is 0 Å². The molecule has 1 aromatic carbocycles. The predicted molar refractivity (Wildman–Crippen MR) is 75.7 cm³/mol. The molecule has 1 heterocycles. The third kappa shape index (κ3) is 3.22. The molecule has 0 aliphatic heterocycles. The van der Waals surface area contributed by atoms with Crippen molar-refractivity contribution < 1.29 is 4.79 Å². The van der Waals surface area contributed by atoms with Gasteiger partial charge in [-0.3, -0.25) is 9.48 Å². The average Bonchev–Trinajstić information content (AvgIpc) is 2.94. The molecule has 1 amide bonds. The van der Waals surface area contributed by atoms with Gasteiger partial charge in [-0.25, -0.2) is 0 Å². The van der Waals surface area contributed by atoms with Crippen LogP contribution in [0, 0.1) is 0 Å². The molecule has 100 valence electrons. The topological polar surface area (TPSA) is 46.9 Å². The Bertz CT molecular complexity index is 533. The Kier molecular flexibility index (Phi) is 4.34. The zero-order valence-corrected chi connectivity index (χ0v) is 11.3. The standard InChI is InChI=1S/C15H19N3O/c1-3-9-16-15(19)12(2)18-11-14(10-17-18)13-7-5-4-6-8-13/h4-8,10-12H,3,9H2,1-2H3,(H,16,19)/t12-/m1/s1. The van der Waals surface area contributed by atoms with Crippen molar-refractivity contribution in [3.8, 4) is 11.1 Å². The lowest BCUT2D eigenvalue weighted by Gasteiger charge is -2.11. The molecule has 2 rings (SSSR count). The first-order valence-electron chi connectivity index (χ1n) is 6.59. The fourth-order valence-electron chi connectivity index (χ4n) is 1.85. The molecule has 1 aromatic heterocycles. The molecule has 0 spiro atoms. The molecule has 0 aliphatic carbocycles. The molecule has 2 aromatic rings. The van der Waals surface area contributed by atoms with Crippen LogP contribution in [0.4, 0.5) is 0 Å². The molecule has 0 saturated carbocycles. The molecule has 19 heavy (non-hydrogen) atoms. The molecule has 1 atom stereocenters. The van der Waals surface area contributed by atoms with E-state index in [1.807, 2.05) is 50.4 Å². The molecular weight excluding hydrogens is 238 g/mol. The number of nitrogens with one attached hydrogen (secondary N) is 1. The fourth-order valence-corrected chi connectivity index (χ4v) is 1.85. The Labute approximate surface area is 113 Å². The summed E-state index contributed by atoms with van der Waals surface area (Å²) in [5.41, 5.74) is 2.13. The number of hydrogen-bond donors (Lipinski definition) is 1. The van der Waals surface area contributed by atoms with Crippen LogP contribution in [0.3, 0.4) is 0 Å². The van der Waals surface area contributed by atoms with Crippen LogP contribution in [0.2, 0.25) is 0 Å². The van der Waals surface area contributed by atoms with Crippen LogP contribution < -0.4 is 5.32 Å². The van der Waals surface area contributed by atoms with Gasteiger partial charge in [0.15, 0.2) is 0 Å². The highest BCUT2D eigenvalue weighted by Gasteiger charge is 2.15. The van der Waals surface area contributed by atoms with Crippen molar-refractivity contribution in [2.75, 3.05) is 6.54 Å². The lowest BCUT2D eigenvalue weighted by molar-refractivity contribution is -0.124. The number of carbonyl (C=O) groups is 1. The average molecular weight is 257 g/mol. The van der Waals surface area contributed by atoms with Crippen LogP contribution in [0.5, 0.6) is 0 Å². The molecule has 0 saturated heterocycles. The Morgan fingerprint density at radius 1 is 1.32 bits per heavy atom. The van der Waals surface area contributed by atoms with E-state index >= 15 is 0 Å². The van der Waals surface area contributed by atoms with E-state index in [2.05, 4.69) is 10.4 Å². The number of carbonyl (C=O) groups excluding carboxylic acids is 1. The maximum atomic E-state index is 11.9. The number of aromatic nitrogens is 2. The maximum absolute atomic E-state index is 11.9. The molecule has 1 N–H and O–H groups in total. The highest BCUT2D eigenvalue weighted by molar-refractivity contribution is 5.79. The molecule has 4 nitrogen and oxygen atoms in total. The normalized spacial score (nSPS) is 12.1. The van der Waals surface area contributed by atoms with Crippen LogP contribution in [0.25, 0.3) is 11.1 Å². The second-order valence-corrected chi connectivity index (χ2v) is 4.54. The van der Waals surface area contributed by atoms with Crippen molar-refractivity contribution in [2.24, 2.45) is 0 Å². The van der Waals surface area contributed by atoms with Gasteiger partial charge >= 0.3 is 0 Å². The zero-order chi connectivity index (χ0) is 13.7. The summed E-state index contributed by atoms with van der Waals surface area (Å²) in [6, 6.07) is 9.74. The van der Waals surface area contributed by atoms with E-state index in [-0.39, 0.29) is 11.9 Å². The number of nitrogens with zero attached hydrogens (tertiary/aromatic N) is 2. The van der Waals surface area contributed by atoms with Gasteiger partial charge in [-0.1, -0.05) is 37.3 Å². The van der Waals surface area contributed by atoms with Gasteiger partial charge in [0.2, 0.25) is 5.91 Å². The second kappa shape index (κ2) is 6.18. The van der Waals surface area contributed by atoms with Gasteiger partial charge in [-0.15, -0.1) is 0 Å². The van der Waals surface area contributed by atoms with Crippen LogP contribution in [0.15, 0.2) is 42.7 Å². The quantitative estimate of drug-likeness (QED) is 0.895. The van der Waals surface area contributed by atoms with E-state index in [0.717, 1.165) is 17.5 Å². The lowest BCUT2D eigenvalue weighted by atomic mass is 10.1. The lowest BCUT2D eigenvalue weighted by Crippen LogP contribution is -2.31. The van der Waals surface area contributed by atoms with Gasteiger partial charge in [-0.2, -0.15) is 5.10 Å². The van der Waals surface area contributed by atoms with E-state index in [4.69, 9.17) is 0 Å². The molecule has 0 unspecified atom stereocenters. The Hall–Kier alpha value is -2.10. The van der Waals surface area contributed by atoms with Gasteiger partial charge in [0.05, 0.1) is 6.20 Å². The van der Waals surface area contributed by atoms with E-state index < -0.39 is 0 Å². The summed E-state index contributed by atoms with van der Waals surface area (Å²) >= 11 is 0. The Morgan fingerprint density at radius 3 is 2.74 bits per heavy atom. The van der Waals surface area contributed by atoms with E-state index in [9.17, 15) is 4.79 Å². The predicted octanol–water partition coefficient (Wildman–Crippen LogP) is 2.64. The minimum Gasteiger partial charge on any atom is -0.354 e. The number of rotatable bonds is 5. The number of hydrogen-bond acceptors (Lipinski definition) is 2. The maximum Gasteiger partial charge on any atom is 0.244 e. The SMILES string of the molecule is CCCNC(=O)[C@@H](C)n1cc(-c2ccccc2)cn1. The van der Waals surface area contributed by atoms with Gasteiger partial charge in [-0.05, 0) is 18.9 Å². The molecule has 0 bridgehead atoms. The molecule has 4 heteroatoms. The van der Waals surface area contributed by atoms with E-state index in [1.54, 1.807) is 10.9 Å². The number of amides is 1. The van der Waals surface area contributed by atoms with Crippen molar-refractivity contribution in [3.05, 3.63) is 42.7 Å². The Balaban J connectivity index is 2.11. The highest BCUT2D eigenvalue weighted by Crippen LogP contribution is 2.19. The smallest absolute Gasteiger partial charge is 0.244 e. The zero-order valence-electron chi connectivity index (χ0n) is 11.3. The molecule has 0 aliphatic rings. The monoisotopic (exact) mass is 257 g/mol. The fraction of sp³-hybridized carbons (Fsp3) is 0.333. The third-order valence-electron chi connectivity index (χ3n) is 3.03. The van der Waals surface area contributed by atoms with Gasteiger partial charge in [0.1, 0.15) is 6.04 Å². The summed E-state index contributed by atoms with van der Waals surface area (Å²) in [6.45, 7) is 4.59. The minimum absolute atomic E-state index is 0.00422. The first-order valence-corrected chi connectivity index (χ1v) is 6.59. The van der Waals surface area contributed by atoms with Crippen molar-refractivity contribution in [3.63, 3.8) is 0 Å². The molecule has 0 radical (unpaired) electrons. The molecule has 0 fully saturated rings. The van der Waals surface area contributed by atoms with Crippen molar-refractivity contribution >= 4 is 5.91 Å². The van der Waals surface area contributed by atoms with Gasteiger partial charge < -0.3 is 5.32 Å². The molecular formula is C15H19N3O. The highest BCUT2D eigenvalue weighted by atomic mass is 16.2. The van der Waals surface area contributed by atoms with E-state index in [0.29, 0.717) is 6.54 Å². The van der Waals surface area contributed by atoms with Crippen LogP contribution in [-0.2, 0) is 4.79 Å². The number of benzene rings is 1. The van der Waals surface area contributed by atoms with Crippen LogP contribution in [0.1, 0.15) is 26.3 Å². The summed E-state index contributed by atoms with van der Waals surface area (Å²) in [5, 5.41) is 7.16. The first kappa shape index (κ1) is 13.3. The largest absolute Gasteiger partial charge is 0.354 e. The Morgan fingerprint density at radius 2 is 2.05 bits per heavy atom.